The molecule has 1 unspecified atom stereocenters. The maximum Gasteiger partial charge on any atom is 0.0429 e. The first-order valence-corrected chi connectivity index (χ1v) is 6.36. The van der Waals surface area contributed by atoms with Gasteiger partial charge in [0.1, 0.15) is 0 Å². The molecule has 0 aromatic heterocycles. The zero-order valence-electron chi connectivity index (χ0n) is 12.0. The van der Waals surface area contributed by atoms with E-state index >= 15 is 0 Å². The van der Waals surface area contributed by atoms with Crippen molar-refractivity contribution in [3.8, 4) is 0 Å². The predicted molar refractivity (Wildman–Crippen MR) is 75.3 cm³/mol. The molecule has 0 aliphatic carbocycles. The lowest BCUT2D eigenvalue weighted by molar-refractivity contribution is 0.257. The number of rotatable bonds is 4. The standard InChI is InChI=1S/C15H26N2/c1-10(2)17(6)9-14(16)15-12(4)7-11(3)8-13(15)5/h7-8,10,14H,9,16H2,1-6H3. The van der Waals surface area contributed by atoms with Gasteiger partial charge in [0, 0.05) is 18.6 Å². The Morgan fingerprint density at radius 1 is 1.12 bits per heavy atom. The predicted octanol–water partition coefficient (Wildman–Crippen LogP) is 2.95. The van der Waals surface area contributed by atoms with Gasteiger partial charge in [-0.3, -0.25) is 0 Å². The van der Waals surface area contributed by atoms with E-state index in [1.54, 1.807) is 0 Å². The van der Waals surface area contributed by atoms with Crippen LogP contribution in [0.15, 0.2) is 12.1 Å². The summed E-state index contributed by atoms with van der Waals surface area (Å²) >= 11 is 0. The van der Waals surface area contributed by atoms with Gasteiger partial charge < -0.3 is 10.6 Å². The molecule has 0 fully saturated rings. The Kier molecular flexibility index (Phi) is 4.72. The van der Waals surface area contributed by atoms with E-state index in [1.807, 2.05) is 0 Å². The third-order valence-corrected chi connectivity index (χ3v) is 3.48. The maximum absolute atomic E-state index is 6.34. The highest BCUT2D eigenvalue weighted by atomic mass is 15.1. The molecule has 0 aliphatic rings. The number of nitrogens with zero attached hydrogens (tertiary/aromatic N) is 1. The van der Waals surface area contributed by atoms with E-state index in [2.05, 4.69) is 58.7 Å². The van der Waals surface area contributed by atoms with Gasteiger partial charge in [-0.25, -0.2) is 0 Å². The molecular weight excluding hydrogens is 208 g/mol. The summed E-state index contributed by atoms with van der Waals surface area (Å²) in [6.07, 6.45) is 0. The quantitative estimate of drug-likeness (QED) is 0.868. The van der Waals surface area contributed by atoms with Gasteiger partial charge in [-0.2, -0.15) is 0 Å². The van der Waals surface area contributed by atoms with Gasteiger partial charge >= 0.3 is 0 Å². The van der Waals surface area contributed by atoms with Crippen LogP contribution in [0.4, 0.5) is 0 Å². The minimum atomic E-state index is 0.1000. The fourth-order valence-electron chi connectivity index (χ4n) is 2.39. The molecule has 0 amide bonds. The summed E-state index contributed by atoms with van der Waals surface area (Å²) < 4.78 is 0. The van der Waals surface area contributed by atoms with E-state index in [0.717, 1.165) is 6.54 Å². The van der Waals surface area contributed by atoms with Crippen molar-refractivity contribution >= 4 is 0 Å². The van der Waals surface area contributed by atoms with Crippen molar-refractivity contribution in [2.45, 2.75) is 46.7 Å². The lowest BCUT2D eigenvalue weighted by Gasteiger charge is -2.27. The Bertz CT molecular complexity index is 360. The van der Waals surface area contributed by atoms with Gasteiger partial charge in [0.05, 0.1) is 0 Å². The van der Waals surface area contributed by atoms with Crippen LogP contribution in [-0.4, -0.2) is 24.5 Å². The van der Waals surface area contributed by atoms with Crippen molar-refractivity contribution in [1.29, 1.82) is 0 Å². The number of hydrogen-bond donors (Lipinski definition) is 1. The van der Waals surface area contributed by atoms with Crippen LogP contribution >= 0.6 is 0 Å². The number of likely N-dealkylation sites (N-methyl/N-ethyl adjacent to an activating group) is 1. The van der Waals surface area contributed by atoms with Crippen LogP contribution in [0.2, 0.25) is 0 Å². The minimum Gasteiger partial charge on any atom is -0.323 e. The summed E-state index contributed by atoms with van der Waals surface area (Å²) in [7, 11) is 2.13. The van der Waals surface area contributed by atoms with Crippen LogP contribution in [0, 0.1) is 20.8 Å². The Labute approximate surface area is 106 Å². The van der Waals surface area contributed by atoms with Gasteiger partial charge in [-0.05, 0) is 58.4 Å². The highest BCUT2D eigenvalue weighted by molar-refractivity contribution is 5.39. The van der Waals surface area contributed by atoms with Crippen LogP contribution in [0.25, 0.3) is 0 Å². The molecule has 1 rings (SSSR count). The van der Waals surface area contributed by atoms with E-state index in [9.17, 15) is 0 Å². The molecule has 0 heterocycles. The molecule has 1 atom stereocenters. The third kappa shape index (κ3) is 3.55. The third-order valence-electron chi connectivity index (χ3n) is 3.48. The smallest absolute Gasteiger partial charge is 0.0429 e. The molecular formula is C15H26N2. The van der Waals surface area contributed by atoms with Crippen molar-refractivity contribution in [3.63, 3.8) is 0 Å². The summed E-state index contributed by atoms with van der Waals surface area (Å²) in [6, 6.07) is 5.07. The summed E-state index contributed by atoms with van der Waals surface area (Å²) in [5, 5.41) is 0. The monoisotopic (exact) mass is 234 g/mol. The average Bonchev–Trinajstić information content (AvgIpc) is 2.15. The molecule has 0 saturated carbocycles. The lowest BCUT2D eigenvalue weighted by Crippen LogP contribution is -2.34. The summed E-state index contributed by atoms with van der Waals surface area (Å²) in [5.74, 6) is 0. The molecule has 2 N–H and O–H groups in total. The fraction of sp³-hybridized carbons (Fsp3) is 0.600. The van der Waals surface area contributed by atoms with E-state index in [0.29, 0.717) is 6.04 Å². The average molecular weight is 234 g/mol. The molecule has 1 aromatic carbocycles. The van der Waals surface area contributed by atoms with Crippen molar-refractivity contribution in [2.24, 2.45) is 5.73 Å². The largest absolute Gasteiger partial charge is 0.323 e. The molecule has 2 heteroatoms. The second-order valence-corrected chi connectivity index (χ2v) is 5.45. The van der Waals surface area contributed by atoms with Gasteiger partial charge in [0.25, 0.3) is 0 Å². The molecule has 1 aromatic rings. The maximum atomic E-state index is 6.34. The van der Waals surface area contributed by atoms with Crippen LogP contribution in [0.1, 0.15) is 42.1 Å². The van der Waals surface area contributed by atoms with Crippen LogP contribution in [0.3, 0.4) is 0 Å². The SMILES string of the molecule is Cc1cc(C)c(C(N)CN(C)C(C)C)c(C)c1. The van der Waals surface area contributed by atoms with Crippen molar-refractivity contribution < 1.29 is 0 Å². The molecule has 0 radical (unpaired) electrons. The summed E-state index contributed by atoms with van der Waals surface area (Å²) in [4.78, 5) is 2.30. The topological polar surface area (TPSA) is 29.3 Å². The van der Waals surface area contributed by atoms with Gasteiger partial charge in [-0.1, -0.05) is 17.7 Å². The zero-order chi connectivity index (χ0) is 13.2. The number of hydrogen-bond acceptors (Lipinski definition) is 2. The van der Waals surface area contributed by atoms with Crippen molar-refractivity contribution in [3.05, 3.63) is 34.4 Å². The van der Waals surface area contributed by atoms with Crippen LogP contribution < -0.4 is 5.73 Å². The molecule has 0 bridgehead atoms. The Balaban J connectivity index is 2.93. The first-order valence-electron chi connectivity index (χ1n) is 6.36. The molecule has 0 spiro atoms. The van der Waals surface area contributed by atoms with Gasteiger partial charge in [0.15, 0.2) is 0 Å². The van der Waals surface area contributed by atoms with Gasteiger partial charge in [-0.15, -0.1) is 0 Å². The highest BCUT2D eigenvalue weighted by Gasteiger charge is 2.15. The van der Waals surface area contributed by atoms with E-state index < -0.39 is 0 Å². The second kappa shape index (κ2) is 5.65. The Morgan fingerprint density at radius 2 is 1.59 bits per heavy atom. The first-order chi connectivity index (χ1) is 7.82. The summed E-state index contributed by atoms with van der Waals surface area (Å²) in [6.45, 7) is 11.7. The van der Waals surface area contributed by atoms with Crippen LogP contribution in [-0.2, 0) is 0 Å². The van der Waals surface area contributed by atoms with Crippen molar-refractivity contribution in [2.75, 3.05) is 13.6 Å². The molecule has 2 nitrogen and oxygen atoms in total. The molecule has 0 saturated heterocycles. The second-order valence-electron chi connectivity index (χ2n) is 5.45. The van der Waals surface area contributed by atoms with Crippen molar-refractivity contribution in [1.82, 2.24) is 4.90 Å². The van der Waals surface area contributed by atoms with Crippen LogP contribution in [0.5, 0.6) is 0 Å². The highest BCUT2D eigenvalue weighted by Crippen LogP contribution is 2.22. The molecule has 17 heavy (non-hydrogen) atoms. The molecule has 96 valence electrons. The van der Waals surface area contributed by atoms with E-state index in [4.69, 9.17) is 5.73 Å². The minimum absolute atomic E-state index is 0.1000. The fourth-order valence-corrected chi connectivity index (χ4v) is 2.39. The summed E-state index contributed by atoms with van der Waals surface area (Å²) in [5.41, 5.74) is 11.6. The number of nitrogens with two attached hydrogens (primary N) is 1. The van der Waals surface area contributed by atoms with E-state index in [-0.39, 0.29) is 6.04 Å². The number of aryl methyl sites for hydroxylation is 3. The number of benzene rings is 1. The Hall–Kier alpha value is -0.860. The zero-order valence-corrected chi connectivity index (χ0v) is 12.0. The van der Waals surface area contributed by atoms with Gasteiger partial charge in [0.2, 0.25) is 0 Å². The van der Waals surface area contributed by atoms with E-state index in [1.165, 1.54) is 22.3 Å². The first kappa shape index (κ1) is 14.2. The normalized spacial score (nSPS) is 13.5. The molecule has 0 aliphatic heterocycles. The lowest BCUT2D eigenvalue weighted by atomic mass is 9.94. The Morgan fingerprint density at radius 3 is 2.00 bits per heavy atom.